The van der Waals surface area contributed by atoms with E-state index in [0.717, 1.165) is 0 Å². The Hall–Kier alpha value is -1.29. The third kappa shape index (κ3) is 1.80. The molecule has 0 aromatic carbocycles. The lowest BCUT2D eigenvalue weighted by atomic mass is 10.1. The van der Waals surface area contributed by atoms with Gasteiger partial charge in [-0.2, -0.15) is 0 Å². The Kier molecular flexibility index (Phi) is 2.54. The van der Waals surface area contributed by atoms with Crippen LogP contribution in [0.4, 0.5) is 0 Å². The van der Waals surface area contributed by atoms with Crippen LogP contribution in [0.25, 0.3) is 0 Å². The second-order valence-corrected chi connectivity index (χ2v) is 3.54. The third-order valence-electron chi connectivity index (χ3n) is 2.52. The highest BCUT2D eigenvalue weighted by Gasteiger charge is 2.22. The molecule has 1 fully saturated rings. The van der Waals surface area contributed by atoms with E-state index in [1.54, 1.807) is 11.0 Å². The summed E-state index contributed by atoms with van der Waals surface area (Å²) < 4.78 is 4.85. The Balaban J connectivity index is 1.99. The number of piperidine rings is 1. The molecule has 0 aliphatic carbocycles. The first-order valence-electron chi connectivity index (χ1n) is 4.77. The normalized spacial score (nSPS) is 18.5. The summed E-state index contributed by atoms with van der Waals surface area (Å²) in [6, 6.07) is 1.66. The van der Waals surface area contributed by atoms with Crippen molar-refractivity contribution in [3.63, 3.8) is 0 Å². The van der Waals surface area contributed by atoms with Crippen molar-refractivity contribution in [1.29, 1.82) is 0 Å². The van der Waals surface area contributed by atoms with Gasteiger partial charge in [-0.3, -0.25) is 4.79 Å². The Labute approximate surface area is 82.1 Å². The van der Waals surface area contributed by atoms with Crippen molar-refractivity contribution in [3.05, 3.63) is 24.2 Å². The Bertz CT molecular complexity index is 299. The van der Waals surface area contributed by atoms with Crippen LogP contribution in [-0.4, -0.2) is 35.1 Å². The number of nitrogens with zero attached hydrogens (tertiary/aromatic N) is 1. The molecule has 0 saturated carbocycles. The van der Waals surface area contributed by atoms with Crippen LogP contribution in [-0.2, 0) is 0 Å². The average Bonchev–Trinajstić information content (AvgIpc) is 2.71. The predicted octanol–water partition coefficient (Wildman–Crippen LogP) is 0.877. The zero-order valence-corrected chi connectivity index (χ0v) is 7.85. The molecule has 1 saturated heterocycles. The highest BCUT2D eigenvalue weighted by Crippen LogP contribution is 2.13. The highest BCUT2D eigenvalue weighted by atomic mass is 16.3. The van der Waals surface area contributed by atoms with Gasteiger partial charge in [0.05, 0.1) is 17.9 Å². The molecule has 0 bridgehead atoms. The lowest BCUT2D eigenvalue weighted by Crippen LogP contribution is -2.39. The molecule has 14 heavy (non-hydrogen) atoms. The molecule has 4 nitrogen and oxygen atoms in total. The molecule has 2 heterocycles. The molecule has 1 N–H and O–H groups in total. The van der Waals surface area contributed by atoms with Gasteiger partial charge in [-0.15, -0.1) is 0 Å². The predicted molar refractivity (Wildman–Crippen MR) is 49.9 cm³/mol. The van der Waals surface area contributed by atoms with Crippen LogP contribution in [0, 0.1) is 0 Å². The molecule has 1 aromatic heterocycles. The van der Waals surface area contributed by atoms with Gasteiger partial charge in [-0.05, 0) is 18.9 Å². The molecular formula is C10H13NO3. The lowest BCUT2D eigenvalue weighted by Gasteiger charge is -2.29. The standard InChI is InChI=1S/C10H13NO3/c12-9-1-4-11(5-2-9)10(13)8-3-6-14-7-8/h3,6-7,9,12H,1-2,4-5H2. The van der Waals surface area contributed by atoms with Gasteiger partial charge in [0, 0.05) is 13.1 Å². The number of rotatable bonds is 1. The van der Waals surface area contributed by atoms with Gasteiger partial charge in [0.25, 0.3) is 5.91 Å². The van der Waals surface area contributed by atoms with E-state index in [2.05, 4.69) is 0 Å². The van der Waals surface area contributed by atoms with Crippen molar-refractivity contribution in [2.75, 3.05) is 13.1 Å². The maximum absolute atomic E-state index is 11.8. The molecule has 0 spiro atoms. The van der Waals surface area contributed by atoms with Crippen molar-refractivity contribution < 1.29 is 14.3 Å². The topological polar surface area (TPSA) is 53.7 Å². The largest absolute Gasteiger partial charge is 0.472 e. The summed E-state index contributed by atoms with van der Waals surface area (Å²) in [6.45, 7) is 1.26. The van der Waals surface area contributed by atoms with Gasteiger partial charge < -0.3 is 14.4 Å². The summed E-state index contributed by atoms with van der Waals surface area (Å²) in [6.07, 6.45) is 4.04. The van der Waals surface area contributed by atoms with Crippen molar-refractivity contribution in [3.8, 4) is 0 Å². The van der Waals surface area contributed by atoms with Crippen LogP contribution in [0.3, 0.4) is 0 Å². The molecular weight excluding hydrogens is 182 g/mol. The van der Waals surface area contributed by atoms with Crippen LogP contribution in [0.15, 0.2) is 23.0 Å². The Morgan fingerprint density at radius 3 is 2.79 bits per heavy atom. The van der Waals surface area contributed by atoms with Crippen LogP contribution in [0.5, 0.6) is 0 Å². The molecule has 1 aliphatic rings. The average molecular weight is 195 g/mol. The van der Waals surface area contributed by atoms with Crippen molar-refractivity contribution >= 4 is 5.91 Å². The molecule has 1 aromatic rings. The maximum atomic E-state index is 11.8. The summed E-state index contributed by atoms with van der Waals surface area (Å²) in [5, 5.41) is 9.28. The minimum Gasteiger partial charge on any atom is -0.472 e. The van der Waals surface area contributed by atoms with Gasteiger partial charge in [0.1, 0.15) is 6.26 Å². The quantitative estimate of drug-likeness (QED) is 0.723. The molecule has 0 atom stereocenters. The van der Waals surface area contributed by atoms with E-state index in [1.807, 2.05) is 0 Å². The number of furan rings is 1. The third-order valence-corrected chi connectivity index (χ3v) is 2.52. The first-order chi connectivity index (χ1) is 6.77. The number of carbonyl (C=O) groups excluding carboxylic acids is 1. The summed E-state index contributed by atoms with van der Waals surface area (Å²) in [7, 11) is 0. The van der Waals surface area contributed by atoms with Gasteiger partial charge in [0.15, 0.2) is 0 Å². The fourth-order valence-corrected chi connectivity index (χ4v) is 1.64. The summed E-state index contributed by atoms with van der Waals surface area (Å²) >= 11 is 0. The molecule has 1 amide bonds. The summed E-state index contributed by atoms with van der Waals surface area (Å²) in [4.78, 5) is 13.5. The van der Waals surface area contributed by atoms with E-state index in [9.17, 15) is 9.90 Å². The van der Waals surface area contributed by atoms with Gasteiger partial charge in [-0.1, -0.05) is 0 Å². The zero-order chi connectivity index (χ0) is 9.97. The second-order valence-electron chi connectivity index (χ2n) is 3.54. The molecule has 76 valence electrons. The number of hydrogen-bond donors (Lipinski definition) is 1. The number of aliphatic hydroxyl groups is 1. The second kappa shape index (κ2) is 3.84. The van der Waals surface area contributed by atoms with Gasteiger partial charge >= 0.3 is 0 Å². The molecule has 0 unspecified atom stereocenters. The minimum atomic E-state index is -0.247. The molecule has 2 rings (SSSR count). The number of likely N-dealkylation sites (tertiary alicyclic amines) is 1. The maximum Gasteiger partial charge on any atom is 0.257 e. The SMILES string of the molecule is O=C(c1ccoc1)N1CCC(O)CC1. The fourth-order valence-electron chi connectivity index (χ4n) is 1.64. The monoisotopic (exact) mass is 195 g/mol. The first-order valence-corrected chi connectivity index (χ1v) is 4.77. The summed E-state index contributed by atoms with van der Waals surface area (Å²) in [5.41, 5.74) is 0.585. The minimum absolute atomic E-state index is 0.00866. The number of carbonyl (C=O) groups is 1. The Morgan fingerprint density at radius 1 is 1.50 bits per heavy atom. The van der Waals surface area contributed by atoms with Crippen molar-refractivity contribution in [2.24, 2.45) is 0 Å². The van der Waals surface area contributed by atoms with Crippen LogP contribution >= 0.6 is 0 Å². The number of aliphatic hydroxyl groups excluding tert-OH is 1. The van der Waals surface area contributed by atoms with Crippen molar-refractivity contribution in [1.82, 2.24) is 4.90 Å². The fraction of sp³-hybridized carbons (Fsp3) is 0.500. The molecule has 0 radical (unpaired) electrons. The van der Waals surface area contributed by atoms with E-state index in [0.29, 0.717) is 31.5 Å². The van der Waals surface area contributed by atoms with Crippen LogP contribution in [0.1, 0.15) is 23.2 Å². The van der Waals surface area contributed by atoms with Crippen molar-refractivity contribution in [2.45, 2.75) is 18.9 Å². The van der Waals surface area contributed by atoms with Crippen LogP contribution in [0.2, 0.25) is 0 Å². The zero-order valence-electron chi connectivity index (χ0n) is 7.85. The lowest BCUT2D eigenvalue weighted by molar-refractivity contribution is 0.0546. The van der Waals surface area contributed by atoms with Crippen LogP contribution < -0.4 is 0 Å². The van der Waals surface area contributed by atoms with E-state index >= 15 is 0 Å². The summed E-state index contributed by atoms with van der Waals surface area (Å²) in [5.74, 6) is -0.00866. The highest BCUT2D eigenvalue weighted by molar-refractivity contribution is 5.93. The Morgan fingerprint density at radius 2 is 2.21 bits per heavy atom. The van der Waals surface area contributed by atoms with E-state index in [-0.39, 0.29) is 12.0 Å². The first kappa shape index (κ1) is 9.27. The molecule has 1 aliphatic heterocycles. The molecule has 4 heteroatoms. The van der Waals surface area contributed by atoms with Gasteiger partial charge in [0.2, 0.25) is 0 Å². The number of amides is 1. The smallest absolute Gasteiger partial charge is 0.257 e. The van der Waals surface area contributed by atoms with E-state index in [1.165, 1.54) is 12.5 Å². The van der Waals surface area contributed by atoms with E-state index < -0.39 is 0 Å². The van der Waals surface area contributed by atoms with E-state index in [4.69, 9.17) is 4.42 Å². The van der Waals surface area contributed by atoms with Gasteiger partial charge in [-0.25, -0.2) is 0 Å². The number of hydrogen-bond acceptors (Lipinski definition) is 3.